The first-order chi connectivity index (χ1) is 12.1. The summed E-state index contributed by atoms with van der Waals surface area (Å²) >= 11 is 1.79. The van der Waals surface area contributed by atoms with Crippen molar-refractivity contribution in [2.75, 3.05) is 0 Å². The predicted molar refractivity (Wildman–Crippen MR) is 99.3 cm³/mol. The van der Waals surface area contributed by atoms with Crippen LogP contribution < -0.4 is 21.5 Å². The van der Waals surface area contributed by atoms with Gasteiger partial charge in [-0.3, -0.25) is 10.1 Å². The quantitative estimate of drug-likeness (QED) is 0.610. The van der Waals surface area contributed by atoms with Gasteiger partial charge in [0.1, 0.15) is 11.6 Å². The Balaban J connectivity index is 1.26. The topological polar surface area (TPSA) is 74.4 Å². The molecular weight excluding hydrogens is 336 g/mol. The molecule has 4 aliphatic rings. The van der Waals surface area contributed by atoms with Gasteiger partial charge >= 0.3 is 0 Å². The number of hydrazine groups is 1. The molecule has 2 saturated carbocycles. The molecule has 2 aliphatic carbocycles. The molecule has 142 valence electrons. The number of hydrogen-bond acceptors (Lipinski definition) is 6. The zero-order valence-electron chi connectivity index (χ0n) is 15.3. The monoisotopic (exact) mass is 368 g/mol. The van der Waals surface area contributed by atoms with E-state index in [1.807, 2.05) is 0 Å². The highest BCUT2D eigenvalue weighted by Gasteiger charge is 2.41. The molecule has 0 aromatic carbocycles. The van der Waals surface area contributed by atoms with Gasteiger partial charge in [0.05, 0.1) is 0 Å². The van der Waals surface area contributed by atoms with Gasteiger partial charge in [0.15, 0.2) is 0 Å². The number of fused-ring (bicyclic) bond motifs is 1. The summed E-state index contributed by atoms with van der Waals surface area (Å²) in [5, 5.41) is 6.95. The van der Waals surface area contributed by atoms with Crippen LogP contribution in [0.15, 0.2) is 0 Å². The maximum Gasteiger partial charge on any atom is 0.250 e. The molecule has 6 nitrogen and oxygen atoms in total. The molecule has 0 spiro atoms. The maximum atomic E-state index is 12.6. The predicted octanol–water partition coefficient (Wildman–Crippen LogP) is 1.88. The first-order valence-electron chi connectivity index (χ1n) is 9.98. The number of rotatable bonds is 3. The lowest BCUT2D eigenvalue weighted by atomic mass is 9.75. The maximum absolute atomic E-state index is 12.6. The molecule has 1 amide bonds. The van der Waals surface area contributed by atoms with Crippen LogP contribution in [0.1, 0.15) is 58.8 Å². The van der Waals surface area contributed by atoms with E-state index in [9.17, 15) is 4.79 Å². The molecule has 25 heavy (non-hydrogen) atoms. The third-order valence-electron chi connectivity index (χ3n) is 6.42. The van der Waals surface area contributed by atoms with Crippen molar-refractivity contribution < 1.29 is 9.53 Å². The molecule has 0 radical (unpaired) electrons. The minimum absolute atomic E-state index is 0.0143. The van der Waals surface area contributed by atoms with Crippen molar-refractivity contribution in [3.05, 3.63) is 0 Å². The molecular formula is C18H32N4O2S. The van der Waals surface area contributed by atoms with Crippen LogP contribution >= 0.6 is 11.8 Å². The van der Waals surface area contributed by atoms with Crippen LogP contribution in [0, 0.1) is 17.8 Å². The molecule has 7 heteroatoms. The van der Waals surface area contributed by atoms with Crippen molar-refractivity contribution in [3.63, 3.8) is 0 Å². The second kappa shape index (κ2) is 7.72. The summed E-state index contributed by atoms with van der Waals surface area (Å²) in [7, 11) is 0. The van der Waals surface area contributed by atoms with Crippen molar-refractivity contribution in [1.82, 2.24) is 21.5 Å². The van der Waals surface area contributed by atoms with Gasteiger partial charge in [-0.15, -0.1) is 11.8 Å². The molecule has 2 saturated heterocycles. The summed E-state index contributed by atoms with van der Waals surface area (Å²) in [6, 6.07) is 0.503. The van der Waals surface area contributed by atoms with E-state index >= 15 is 0 Å². The number of amides is 1. The average molecular weight is 369 g/mol. The SMILES string of the molecule is CC1CCC(C2NNC(NC(=O)C3NC4CCCCC4S3)O2)C(C)C1. The molecule has 8 unspecified atom stereocenters. The van der Waals surface area contributed by atoms with E-state index in [1.165, 1.54) is 44.9 Å². The van der Waals surface area contributed by atoms with Crippen LogP contribution in [0.4, 0.5) is 0 Å². The van der Waals surface area contributed by atoms with Gasteiger partial charge in [0, 0.05) is 17.2 Å². The zero-order chi connectivity index (χ0) is 17.4. The summed E-state index contributed by atoms with van der Waals surface area (Å²) in [5.74, 6) is 2.00. The lowest BCUT2D eigenvalue weighted by Crippen LogP contribution is -2.50. The minimum atomic E-state index is -0.436. The molecule has 0 bridgehead atoms. The van der Waals surface area contributed by atoms with Crippen molar-refractivity contribution in [3.8, 4) is 0 Å². The van der Waals surface area contributed by atoms with Crippen LogP contribution in [0.2, 0.25) is 0 Å². The number of carbonyl (C=O) groups is 1. The van der Waals surface area contributed by atoms with E-state index in [4.69, 9.17) is 4.74 Å². The summed E-state index contributed by atoms with van der Waals surface area (Å²) in [6.07, 6.45) is 8.25. The standard InChI is InChI=1S/C18H32N4O2S/c1-10-7-8-12(11(2)9-10)16-21-22-18(24-16)20-15(23)17-19-13-5-3-4-6-14(13)25-17/h10-14,16-19,21-22H,3-9H2,1-2H3,(H,20,23). The summed E-state index contributed by atoms with van der Waals surface area (Å²) in [5.41, 5.74) is 6.37. The van der Waals surface area contributed by atoms with Crippen LogP contribution in [-0.2, 0) is 9.53 Å². The first kappa shape index (κ1) is 18.0. The van der Waals surface area contributed by atoms with Gasteiger partial charge in [-0.05, 0) is 37.5 Å². The van der Waals surface area contributed by atoms with Crippen molar-refractivity contribution in [2.45, 2.75) is 88.0 Å². The van der Waals surface area contributed by atoms with Crippen LogP contribution in [0.25, 0.3) is 0 Å². The van der Waals surface area contributed by atoms with Crippen LogP contribution in [0.5, 0.6) is 0 Å². The van der Waals surface area contributed by atoms with Crippen LogP contribution in [0.3, 0.4) is 0 Å². The number of carbonyl (C=O) groups excluding carboxylic acids is 1. The van der Waals surface area contributed by atoms with E-state index in [0.29, 0.717) is 23.1 Å². The third-order valence-corrected chi connectivity index (χ3v) is 7.95. The van der Waals surface area contributed by atoms with Crippen molar-refractivity contribution >= 4 is 17.7 Å². The van der Waals surface area contributed by atoms with Gasteiger partial charge in [-0.25, -0.2) is 10.9 Å². The Morgan fingerprint density at radius 3 is 2.76 bits per heavy atom. The largest absolute Gasteiger partial charge is 0.324 e. The number of ether oxygens (including phenoxy) is 1. The van der Waals surface area contributed by atoms with Crippen molar-refractivity contribution in [2.24, 2.45) is 17.8 Å². The van der Waals surface area contributed by atoms with E-state index in [1.54, 1.807) is 11.8 Å². The molecule has 4 N–H and O–H groups in total. The van der Waals surface area contributed by atoms with Gasteiger partial charge < -0.3 is 10.1 Å². The highest BCUT2D eigenvalue weighted by atomic mass is 32.2. The fourth-order valence-corrected chi connectivity index (χ4v) is 6.49. The summed E-state index contributed by atoms with van der Waals surface area (Å²) in [4.78, 5) is 12.6. The fraction of sp³-hybridized carbons (Fsp3) is 0.944. The molecule has 2 aliphatic heterocycles. The fourth-order valence-electron chi connectivity index (χ4n) is 4.99. The summed E-state index contributed by atoms with van der Waals surface area (Å²) in [6.45, 7) is 4.65. The van der Waals surface area contributed by atoms with Gasteiger partial charge in [0.2, 0.25) is 6.35 Å². The Kier molecular flexibility index (Phi) is 5.57. The van der Waals surface area contributed by atoms with E-state index < -0.39 is 6.35 Å². The molecule has 4 rings (SSSR count). The lowest BCUT2D eigenvalue weighted by molar-refractivity contribution is -0.126. The Morgan fingerprint density at radius 2 is 1.96 bits per heavy atom. The van der Waals surface area contributed by atoms with Crippen molar-refractivity contribution in [1.29, 1.82) is 0 Å². The van der Waals surface area contributed by atoms with E-state index in [-0.39, 0.29) is 17.5 Å². The van der Waals surface area contributed by atoms with Gasteiger partial charge in [-0.1, -0.05) is 33.1 Å². The first-order valence-corrected chi connectivity index (χ1v) is 10.9. The normalized spacial score (nSPS) is 47.4. The average Bonchev–Trinajstić information content (AvgIpc) is 3.21. The Morgan fingerprint density at radius 1 is 1.12 bits per heavy atom. The molecule has 0 aromatic heterocycles. The van der Waals surface area contributed by atoms with E-state index in [0.717, 1.165) is 5.92 Å². The third kappa shape index (κ3) is 4.00. The van der Waals surface area contributed by atoms with Crippen LogP contribution in [-0.4, -0.2) is 35.2 Å². The second-order valence-electron chi connectivity index (χ2n) is 8.41. The van der Waals surface area contributed by atoms with Gasteiger partial charge in [-0.2, -0.15) is 0 Å². The molecule has 2 heterocycles. The number of thioether (sulfide) groups is 1. The molecule has 8 atom stereocenters. The van der Waals surface area contributed by atoms with E-state index in [2.05, 4.69) is 35.3 Å². The second-order valence-corrected chi connectivity index (χ2v) is 9.75. The lowest BCUT2D eigenvalue weighted by Gasteiger charge is -2.35. The Hall–Kier alpha value is -0.340. The Bertz CT molecular complexity index is 480. The number of nitrogens with one attached hydrogen (secondary N) is 4. The highest BCUT2D eigenvalue weighted by molar-refractivity contribution is 8.01. The summed E-state index contributed by atoms with van der Waals surface area (Å²) < 4.78 is 6.06. The Labute approximate surface area is 154 Å². The number of hydrogen-bond donors (Lipinski definition) is 4. The van der Waals surface area contributed by atoms with Gasteiger partial charge in [0.25, 0.3) is 5.91 Å². The molecule has 4 fully saturated rings. The molecule has 0 aromatic rings. The highest BCUT2D eigenvalue weighted by Crippen LogP contribution is 2.38. The smallest absolute Gasteiger partial charge is 0.250 e. The minimum Gasteiger partial charge on any atom is -0.324 e. The zero-order valence-corrected chi connectivity index (χ0v) is 16.1.